The highest BCUT2D eigenvalue weighted by Crippen LogP contribution is 2.54. The quantitative estimate of drug-likeness (QED) is 0.841. The first-order valence-corrected chi connectivity index (χ1v) is 8.89. The van der Waals surface area contributed by atoms with Crippen molar-refractivity contribution in [2.24, 2.45) is 10.9 Å². The molecule has 1 amide bonds. The first-order chi connectivity index (χ1) is 10.4. The first-order valence-electron chi connectivity index (χ1n) is 8.07. The summed E-state index contributed by atoms with van der Waals surface area (Å²) in [5.41, 5.74) is 0.568. The number of nitrogens with one attached hydrogen (secondary N) is 1. The lowest BCUT2D eigenvalue weighted by atomic mass is 9.73. The number of aliphatic imine (C=N–C) groups is 1. The van der Waals surface area contributed by atoms with Gasteiger partial charge in [0.1, 0.15) is 0 Å². The maximum absolute atomic E-state index is 12.3. The largest absolute Gasteiger partial charge is 0.301 e. The van der Waals surface area contributed by atoms with Crippen molar-refractivity contribution in [3.8, 4) is 0 Å². The molecule has 1 N–H and O–H groups in total. The summed E-state index contributed by atoms with van der Waals surface area (Å²) in [5.74, 6) is 0.744. The minimum absolute atomic E-state index is 0.0659. The van der Waals surface area contributed by atoms with E-state index in [9.17, 15) is 4.79 Å². The third-order valence-electron chi connectivity index (χ3n) is 5.13. The van der Waals surface area contributed by atoms with Gasteiger partial charge in [0.2, 0.25) is 0 Å². The van der Waals surface area contributed by atoms with E-state index in [4.69, 9.17) is 4.99 Å². The molecule has 1 heterocycles. The molecule has 3 nitrogen and oxygen atoms in total. The predicted octanol–water partition coefficient (Wildman–Crippen LogP) is 4.25. The molecule has 3 rings (SSSR count). The van der Waals surface area contributed by atoms with Gasteiger partial charge in [-0.3, -0.25) is 9.79 Å². The number of hydrogen-bond acceptors (Lipinski definition) is 3. The Labute approximate surface area is 137 Å². The molecule has 1 aromatic carbocycles. The van der Waals surface area contributed by atoms with E-state index in [1.54, 1.807) is 11.8 Å². The van der Waals surface area contributed by atoms with Gasteiger partial charge in [-0.25, -0.2) is 0 Å². The third kappa shape index (κ3) is 2.81. The average molecular weight is 316 g/mol. The second-order valence-corrected chi connectivity index (χ2v) is 8.45. The monoisotopic (exact) mass is 316 g/mol. The molecule has 2 aliphatic rings. The lowest BCUT2D eigenvalue weighted by Crippen LogP contribution is -2.45. The number of carbonyl (C=O) groups is 1. The lowest BCUT2D eigenvalue weighted by Gasteiger charge is -2.43. The molecule has 118 valence electrons. The van der Waals surface area contributed by atoms with Gasteiger partial charge in [-0.1, -0.05) is 36.9 Å². The van der Waals surface area contributed by atoms with Crippen LogP contribution in [0.1, 0.15) is 56.8 Å². The molecule has 22 heavy (non-hydrogen) atoms. The number of amidine groups is 1. The molecule has 0 aromatic heterocycles. The van der Waals surface area contributed by atoms with Gasteiger partial charge >= 0.3 is 0 Å². The van der Waals surface area contributed by atoms with Crippen molar-refractivity contribution in [1.82, 2.24) is 5.32 Å². The summed E-state index contributed by atoms with van der Waals surface area (Å²) < 4.78 is 0.152. The molecule has 0 saturated heterocycles. The van der Waals surface area contributed by atoms with Crippen molar-refractivity contribution in [2.45, 2.75) is 56.7 Å². The van der Waals surface area contributed by atoms with Crippen LogP contribution in [0.3, 0.4) is 0 Å². The van der Waals surface area contributed by atoms with Gasteiger partial charge in [0.05, 0.1) is 5.54 Å². The highest BCUT2D eigenvalue weighted by Gasteiger charge is 2.52. The van der Waals surface area contributed by atoms with Crippen molar-refractivity contribution in [2.75, 3.05) is 0 Å². The average Bonchev–Trinajstić information content (AvgIpc) is 2.73. The minimum atomic E-state index is -0.114. The number of amides is 1. The standard InChI is InChI=1S/C18H24N2OS/c1-13-9-11-18(12-10-13)17(2,3)20-16(22-18)19-15(21)14-7-5-4-6-8-14/h4-8,13H,9-12H2,1-3H3,(H,19,20,21). The van der Waals surface area contributed by atoms with E-state index in [0.717, 1.165) is 11.1 Å². The molecule has 0 atom stereocenters. The Hall–Kier alpha value is -1.29. The second kappa shape index (κ2) is 5.73. The van der Waals surface area contributed by atoms with Gasteiger partial charge in [-0.05, 0) is 57.6 Å². The summed E-state index contributed by atoms with van der Waals surface area (Å²) in [6.45, 7) is 6.74. The van der Waals surface area contributed by atoms with Crippen LogP contribution in [-0.4, -0.2) is 21.4 Å². The molecule has 1 aromatic rings. The van der Waals surface area contributed by atoms with Gasteiger partial charge in [0, 0.05) is 10.3 Å². The summed E-state index contributed by atoms with van der Waals surface area (Å²) in [6.07, 6.45) is 4.87. The number of carbonyl (C=O) groups excluding carboxylic acids is 1. The van der Waals surface area contributed by atoms with E-state index in [1.807, 2.05) is 30.3 Å². The maximum atomic E-state index is 12.3. The van der Waals surface area contributed by atoms with E-state index in [1.165, 1.54) is 25.7 Å². The number of hydrogen-bond donors (Lipinski definition) is 1. The minimum Gasteiger partial charge on any atom is -0.301 e. The molecule has 1 fully saturated rings. The third-order valence-corrected chi connectivity index (χ3v) is 6.81. The van der Waals surface area contributed by atoms with Crippen LogP contribution in [0, 0.1) is 5.92 Å². The number of rotatable bonds is 1. The fourth-order valence-corrected chi connectivity index (χ4v) is 4.97. The van der Waals surface area contributed by atoms with Crippen LogP contribution in [-0.2, 0) is 0 Å². The van der Waals surface area contributed by atoms with Crippen LogP contribution in [0.4, 0.5) is 0 Å². The molecule has 0 unspecified atom stereocenters. The molecule has 1 aliphatic heterocycles. The Morgan fingerprint density at radius 3 is 2.50 bits per heavy atom. The van der Waals surface area contributed by atoms with E-state index in [2.05, 4.69) is 26.1 Å². The highest BCUT2D eigenvalue weighted by atomic mass is 32.2. The van der Waals surface area contributed by atoms with Crippen LogP contribution in [0.2, 0.25) is 0 Å². The summed E-state index contributed by atoms with van der Waals surface area (Å²) in [6, 6.07) is 9.34. The van der Waals surface area contributed by atoms with Crippen LogP contribution in [0.5, 0.6) is 0 Å². The van der Waals surface area contributed by atoms with Crippen LogP contribution < -0.4 is 5.32 Å². The van der Waals surface area contributed by atoms with Gasteiger partial charge in [-0.2, -0.15) is 0 Å². The van der Waals surface area contributed by atoms with Gasteiger partial charge in [-0.15, -0.1) is 0 Å². The molecular formula is C18H24N2OS. The summed E-state index contributed by atoms with van der Waals surface area (Å²) in [4.78, 5) is 17.2. The normalized spacial score (nSPS) is 30.1. The molecule has 0 radical (unpaired) electrons. The molecule has 1 saturated carbocycles. The Morgan fingerprint density at radius 2 is 1.86 bits per heavy atom. The van der Waals surface area contributed by atoms with E-state index >= 15 is 0 Å². The molecule has 0 bridgehead atoms. The van der Waals surface area contributed by atoms with E-state index < -0.39 is 0 Å². The summed E-state index contributed by atoms with van der Waals surface area (Å²) in [7, 11) is 0. The van der Waals surface area contributed by atoms with Gasteiger partial charge < -0.3 is 5.32 Å². The topological polar surface area (TPSA) is 41.5 Å². The zero-order valence-corrected chi connectivity index (χ0v) is 14.4. The zero-order valence-electron chi connectivity index (χ0n) is 13.6. The van der Waals surface area contributed by atoms with Crippen LogP contribution in [0.15, 0.2) is 35.3 Å². The highest BCUT2D eigenvalue weighted by molar-refractivity contribution is 8.15. The van der Waals surface area contributed by atoms with Crippen LogP contribution in [0.25, 0.3) is 0 Å². The Morgan fingerprint density at radius 1 is 1.23 bits per heavy atom. The molecular weight excluding hydrogens is 292 g/mol. The molecule has 4 heteroatoms. The molecule has 1 spiro atoms. The van der Waals surface area contributed by atoms with Gasteiger partial charge in [0.15, 0.2) is 5.17 Å². The lowest BCUT2D eigenvalue weighted by molar-refractivity contribution is 0.0978. The SMILES string of the molecule is CC1CCC2(CC1)SC(NC(=O)c1ccccc1)=NC2(C)C. The van der Waals surface area contributed by atoms with E-state index in [0.29, 0.717) is 5.56 Å². The van der Waals surface area contributed by atoms with Crippen LogP contribution >= 0.6 is 11.8 Å². The Kier molecular flexibility index (Phi) is 4.06. The molecule has 1 aliphatic carbocycles. The second-order valence-electron chi connectivity index (χ2n) is 7.07. The predicted molar refractivity (Wildman–Crippen MR) is 93.4 cm³/mol. The van der Waals surface area contributed by atoms with Crippen molar-refractivity contribution in [1.29, 1.82) is 0 Å². The number of benzene rings is 1. The van der Waals surface area contributed by atoms with Crippen molar-refractivity contribution >= 4 is 22.8 Å². The fraction of sp³-hybridized carbons (Fsp3) is 0.556. The smallest absolute Gasteiger partial charge is 0.257 e. The van der Waals surface area contributed by atoms with Crippen molar-refractivity contribution in [3.05, 3.63) is 35.9 Å². The Balaban J connectivity index is 1.73. The zero-order chi connectivity index (χ0) is 15.8. The van der Waals surface area contributed by atoms with Crippen molar-refractivity contribution < 1.29 is 4.79 Å². The van der Waals surface area contributed by atoms with Crippen molar-refractivity contribution in [3.63, 3.8) is 0 Å². The Bertz CT molecular complexity index is 586. The van der Waals surface area contributed by atoms with E-state index in [-0.39, 0.29) is 16.2 Å². The number of thioether (sulfide) groups is 1. The summed E-state index contributed by atoms with van der Waals surface area (Å²) in [5, 5.41) is 3.79. The number of nitrogens with zero attached hydrogens (tertiary/aromatic N) is 1. The maximum Gasteiger partial charge on any atom is 0.257 e. The summed E-state index contributed by atoms with van der Waals surface area (Å²) >= 11 is 1.78. The first kappa shape index (κ1) is 15.6. The van der Waals surface area contributed by atoms with Gasteiger partial charge in [0.25, 0.3) is 5.91 Å². The fourth-order valence-electron chi connectivity index (χ4n) is 3.44.